The molecular formula is C16H25FN2O. The molecule has 3 nitrogen and oxygen atoms in total. The van der Waals surface area contributed by atoms with Crippen molar-refractivity contribution in [2.75, 3.05) is 6.54 Å². The highest BCUT2D eigenvalue weighted by molar-refractivity contribution is 5.78. The van der Waals surface area contributed by atoms with Gasteiger partial charge >= 0.3 is 0 Å². The van der Waals surface area contributed by atoms with Gasteiger partial charge in [0.25, 0.3) is 0 Å². The van der Waals surface area contributed by atoms with Crippen molar-refractivity contribution in [3.05, 3.63) is 35.6 Å². The molecule has 0 aliphatic rings. The first-order valence-corrected chi connectivity index (χ1v) is 7.31. The SMILES string of the molecule is CCCCC(NCC(=O)NC(C)C)c1ccc(F)cc1. The van der Waals surface area contributed by atoms with E-state index in [4.69, 9.17) is 0 Å². The summed E-state index contributed by atoms with van der Waals surface area (Å²) in [4.78, 5) is 11.7. The largest absolute Gasteiger partial charge is 0.353 e. The molecule has 1 amide bonds. The number of hydrogen-bond donors (Lipinski definition) is 2. The zero-order valence-corrected chi connectivity index (χ0v) is 12.6. The minimum atomic E-state index is -0.236. The number of nitrogens with one attached hydrogen (secondary N) is 2. The molecule has 1 unspecified atom stereocenters. The van der Waals surface area contributed by atoms with Crippen molar-refractivity contribution in [2.24, 2.45) is 0 Å². The van der Waals surface area contributed by atoms with Gasteiger partial charge in [0, 0.05) is 12.1 Å². The number of carbonyl (C=O) groups excluding carboxylic acids is 1. The Bertz CT molecular complexity index is 403. The van der Waals surface area contributed by atoms with Crippen LogP contribution in [0.2, 0.25) is 0 Å². The number of benzene rings is 1. The van der Waals surface area contributed by atoms with Crippen molar-refractivity contribution in [1.82, 2.24) is 10.6 Å². The van der Waals surface area contributed by atoms with Gasteiger partial charge < -0.3 is 10.6 Å². The molecule has 1 aromatic carbocycles. The molecule has 20 heavy (non-hydrogen) atoms. The number of hydrogen-bond acceptors (Lipinski definition) is 2. The van der Waals surface area contributed by atoms with Gasteiger partial charge in [0.2, 0.25) is 5.91 Å². The zero-order chi connectivity index (χ0) is 15.0. The van der Waals surface area contributed by atoms with Gasteiger partial charge in [0.1, 0.15) is 5.82 Å². The van der Waals surface area contributed by atoms with Crippen LogP contribution in [0.4, 0.5) is 4.39 Å². The second kappa shape index (κ2) is 8.69. The van der Waals surface area contributed by atoms with Crippen molar-refractivity contribution in [1.29, 1.82) is 0 Å². The third kappa shape index (κ3) is 6.15. The number of carbonyl (C=O) groups is 1. The normalized spacial score (nSPS) is 12.4. The van der Waals surface area contributed by atoms with Crippen LogP contribution < -0.4 is 10.6 Å². The van der Waals surface area contributed by atoms with E-state index in [-0.39, 0.29) is 30.4 Å². The number of amides is 1. The van der Waals surface area contributed by atoms with E-state index in [0.717, 1.165) is 24.8 Å². The Morgan fingerprint density at radius 1 is 1.25 bits per heavy atom. The summed E-state index contributed by atoms with van der Waals surface area (Å²) in [6.07, 6.45) is 3.11. The van der Waals surface area contributed by atoms with Gasteiger partial charge in [-0.1, -0.05) is 31.9 Å². The minimum absolute atomic E-state index is 0.0105. The molecule has 1 atom stereocenters. The van der Waals surface area contributed by atoms with Gasteiger partial charge in [-0.3, -0.25) is 4.79 Å². The molecule has 0 aliphatic heterocycles. The monoisotopic (exact) mass is 280 g/mol. The first-order valence-electron chi connectivity index (χ1n) is 7.31. The Kier molecular flexibility index (Phi) is 7.23. The molecule has 0 saturated heterocycles. The van der Waals surface area contributed by atoms with E-state index < -0.39 is 0 Å². The van der Waals surface area contributed by atoms with Crippen molar-refractivity contribution in [3.63, 3.8) is 0 Å². The summed E-state index contributed by atoms with van der Waals surface area (Å²) >= 11 is 0. The molecule has 0 saturated carbocycles. The van der Waals surface area contributed by atoms with E-state index in [1.807, 2.05) is 13.8 Å². The molecule has 0 heterocycles. The third-order valence-corrected chi connectivity index (χ3v) is 3.08. The van der Waals surface area contributed by atoms with Crippen LogP contribution in [-0.2, 0) is 4.79 Å². The van der Waals surface area contributed by atoms with Gasteiger partial charge in [-0.25, -0.2) is 4.39 Å². The van der Waals surface area contributed by atoms with Crippen LogP contribution in [0, 0.1) is 5.82 Å². The first kappa shape index (κ1) is 16.6. The summed E-state index contributed by atoms with van der Waals surface area (Å²) in [5.74, 6) is -0.246. The van der Waals surface area contributed by atoms with E-state index in [0.29, 0.717) is 0 Å². The molecule has 0 aliphatic carbocycles. The van der Waals surface area contributed by atoms with Gasteiger partial charge in [0.15, 0.2) is 0 Å². The van der Waals surface area contributed by atoms with Crippen molar-refractivity contribution >= 4 is 5.91 Å². The van der Waals surface area contributed by atoms with E-state index in [2.05, 4.69) is 17.6 Å². The van der Waals surface area contributed by atoms with Crippen molar-refractivity contribution < 1.29 is 9.18 Å². The average Bonchev–Trinajstić information content (AvgIpc) is 2.39. The van der Waals surface area contributed by atoms with E-state index in [1.54, 1.807) is 12.1 Å². The van der Waals surface area contributed by atoms with Crippen LogP contribution in [0.5, 0.6) is 0 Å². The Balaban J connectivity index is 2.60. The maximum atomic E-state index is 13.0. The van der Waals surface area contributed by atoms with Crippen LogP contribution >= 0.6 is 0 Å². The fourth-order valence-corrected chi connectivity index (χ4v) is 2.08. The summed E-state index contributed by atoms with van der Waals surface area (Å²) in [7, 11) is 0. The lowest BCUT2D eigenvalue weighted by molar-refractivity contribution is -0.120. The maximum Gasteiger partial charge on any atom is 0.234 e. The van der Waals surface area contributed by atoms with Crippen molar-refractivity contribution in [2.45, 2.75) is 52.1 Å². The fraction of sp³-hybridized carbons (Fsp3) is 0.562. The summed E-state index contributed by atoms with van der Waals surface area (Å²) in [6, 6.07) is 6.72. The highest BCUT2D eigenvalue weighted by Gasteiger charge is 2.12. The molecule has 0 fully saturated rings. The third-order valence-electron chi connectivity index (χ3n) is 3.08. The second-order valence-electron chi connectivity index (χ2n) is 5.35. The van der Waals surface area contributed by atoms with E-state index in [1.165, 1.54) is 12.1 Å². The number of halogens is 1. The summed E-state index contributed by atoms with van der Waals surface area (Å²) < 4.78 is 13.0. The topological polar surface area (TPSA) is 41.1 Å². The van der Waals surface area contributed by atoms with Gasteiger partial charge in [0.05, 0.1) is 6.54 Å². The Hall–Kier alpha value is -1.42. The standard InChI is InChI=1S/C16H25FN2O/c1-4-5-6-15(13-7-9-14(17)10-8-13)18-11-16(20)19-12(2)3/h7-10,12,15,18H,4-6,11H2,1-3H3,(H,19,20). The predicted octanol–water partition coefficient (Wildman–Crippen LogP) is 3.17. The van der Waals surface area contributed by atoms with E-state index >= 15 is 0 Å². The first-order chi connectivity index (χ1) is 9.52. The molecule has 0 radical (unpaired) electrons. The minimum Gasteiger partial charge on any atom is -0.353 e. The Morgan fingerprint density at radius 3 is 2.45 bits per heavy atom. The van der Waals surface area contributed by atoms with Gasteiger partial charge in [-0.2, -0.15) is 0 Å². The smallest absolute Gasteiger partial charge is 0.234 e. The molecule has 1 rings (SSSR count). The Labute approximate surface area is 121 Å². The Morgan fingerprint density at radius 2 is 1.90 bits per heavy atom. The van der Waals surface area contributed by atoms with Crippen LogP contribution in [0.15, 0.2) is 24.3 Å². The molecule has 4 heteroatoms. The summed E-state index contributed by atoms with van der Waals surface area (Å²) in [6.45, 7) is 6.29. The number of rotatable bonds is 8. The molecule has 112 valence electrons. The van der Waals surface area contributed by atoms with Crippen LogP contribution in [0.1, 0.15) is 51.6 Å². The average molecular weight is 280 g/mol. The lowest BCUT2D eigenvalue weighted by Gasteiger charge is -2.19. The van der Waals surface area contributed by atoms with Crippen LogP contribution in [0.3, 0.4) is 0 Å². The zero-order valence-electron chi connectivity index (χ0n) is 12.6. The van der Waals surface area contributed by atoms with Gasteiger partial charge in [-0.05, 0) is 38.0 Å². The quantitative estimate of drug-likeness (QED) is 0.768. The van der Waals surface area contributed by atoms with Crippen LogP contribution in [-0.4, -0.2) is 18.5 Å². The van der Waals surface area contributed by atoms with Gasteiger partial charge in [-0.15, -0.1) is 0 Å². The molecule has 2 N–H and O–H groups in total. The number of unbranched alkanes of at least 4 members (excludes halogenated alkanes) is 1. The lowest BCUT2D eigenvalue weighted by Crippen LogP contribution is -2.39. The molecule has 0 spiro atoms. The molecule has 1 aromatic rings. The molecule has 0 bridgehead atoms. The predicted molar refractivity (Wildman–Crippen MR) is 79.9 cm³/mol. The summed E-state index contributed by atoms with van der Waals surface area (Å²) in [5.41, 5.74) is 1.03. The molecule has 0 aromatic heterocycles. The van der Waals surface area contributed by atoms with E-state index in [9.17, 15) is 9.18 Å². The van der Waals surface area contributed by atoms with Crippen molar-refractivity contribution in [3.8, 4) is 0 Å². The fourth-order valence-electron chi connectivity index (χ4n) is 2.08. The highest BCUT2D eigenvalue weighted by atomic mass is 19.1. The second-order valence-corrected chi connectivity index (χ2v) is 5.35. The maximum absolute atomic E-state index is 13.0. The molecular weight excluding hydrogens is 255 g/mol. The highest BCUT2D eigenvalue weighted by Crippen LogP contribution is 2.19. The summed E-state index contributed by atoms with van der Waals surface area (Å²) in [5, 5.41) is 6.11. The lowest BCUT2D eigenvalue weighted by atomic mass is 10.0. The van der Waals surface area contributed by atoms with Crippen LogP contribution in [0.25, 0.3) is 0 Å².